The molecule has 0 spiro atoms. The van der Waals surface area contributed by atoms with Gasteiger partial charge in [0.25, 0.3) is 5.56 Å². The lowest BCUT2D eigenvalue weighted by Gasteiger charge is -2.08. The van der Waals surface area contributed by atoms with Gasteiger partial charge in [0.15, 0.2) is 0 Å². The van der Waals surface area contributed by atoms with E-state index in [1.165, 1.54) is 11.3 Å². The second-order valence-electron chi connectivity index (χ2n) is 6.23. The molecule has 6 heteroatoms. The van der Waals surface area contributed by atoms with Gasteiger partial charge < -0.3 is 10.3 Å². The van der Waals surface area contributed by atoms with E-state index in [4.69, 9.17) is 0 Å². The first-order valence-corrected chi connectivity index (χ1v) is 9.11. The van der Waals surface area contributed by atoms with Gasteiger partial charge in [-0.05, 0) is 30.9 Å². The third-order valence-electron chi connectivity index (χ3n) is 4.48. The monoisotopic (exact) mass is 363 g/mol. The summed E-state index contributed by atoms with van der Waals surface area (Å²) in [5.41, 5.74) is 1.51. The van der Waals surface area contributed by atoms with Gasteiger partial charge in [0.2, 0.25) is 5.91 Å². The number of H-pyrrole nitrogens is 1. The standard InChI is InChI=1S/C20H17N3O2S/c1-11-12(2)26-20-18(11)19(25)22-16(23-20)10-17(24)21-15-9-5-7-13-6-3-4-8-14(13)15/h3-9H,10H2,1-2H3,(H,21,24)(H,22,23,25). The molecule has 4 aromatic rings. The van der Waals surface area contributed by atoms with Crippen molar-refractivity contribution in [3.05, 3.63) is 69.1 Å². The molecule has 130 valence electrons. The fraction of sp³-hybridized carbons (Fsp3) is 0.150. The summed E-state index contributed by atoms with van der Waals surface area (Å²) in [5, 5.41) is 5.57. The smallest absolute Gasteiger partial charge is 0.259 e. The van der Waals surface area contributed by atoms with Crippen molar-refractivity contribution in [1.82, 2.24) is 9.97 Å². The van der Waals surface area contributed by atoms with Gasteiger partial charge in [0.05, 0.1) is 11.8 Å². The molecule has 0 aliphatic rings. The molecule has 2 N–H and O–H groups in total. The van der Waals surface area contributed by atoms with Gasteiger partial charge in [0, 0.05) is 16.0 Å². The van der Waals surface area contributed by atoms with E-state index in [1.807, 2.05) is 56.3 Å². The Hall–Kier alpha value is -2.99. The summed E-state index contributed by atoms with van der Waals surface area (Å²) in [6, 6.07) is 13.6. The number of fused-ring (bicyclic) bond motifs is 2. The number of rotatable bonds is 3. The van der Waals surface area contributed by atoms with Crippen LogP contribution in [-0.4, -0.2) is 15.9 Å². The Morgan fingerprint density at radius 1 is 1.15 bits per heavy atom. The maximum Gasteiger partial charge on any atom is 0.259 e. The van der Waals surface area contributed by atoms with Crippen LogP contribution in [0.3, 0.4) is 0 Å². The molecule has 5 nitrogen and oxygen atoms in total. The van der Waals surface area contributed by atoms with E-state index in [0.717, 1.165) is 26.9 Å². The quantitative estimate of drug-likeness (QED) is 0.579. The maximum atomic E-state index is 12.5. The van der Waals surface area contributed by atoms with Gasteiger partial charge in [-0.25, -0.2) is 4.98 Å². The summed E-state index contributed by atoms with van der Waals surface area (Å²) in [7, 11) is 0. The number of benzene rings is 2. The summed E-state index contributed by atoms with van der Waals surface area (Å²) >= 11 is 1.48. The summed E-state index contributed by atoms with van der Waals surface area (Å²) < 4.78 is 0. The molecule has 0 saturated carbocycles. The minimum absolute atomic E-state index is 0.0183. The highest BCUT2D eigenvalue weighted by atomic mass is 32.1. The van der Waals surface area contributed by atoms with E-state index in [-0.39, 0.29) is 17.9 Å². The Balaban J connectivity index is 1.62. The predicted molar refractivity (Wildman–Crippen MR) is 106 cm³/mol. The molecular formula is C20H17N3O2S. The van der Waals surface area contributed by atoms with Crippen molar-refractivity contribution in [3.8, 4) is 0 Å². The maximum absolute atomic E-state index is 12.5. The van der Waals surface area contributed by atoms with Crippen LogP contribution in [0.25, 0.3) is 21.0 Å². The van der Waals surface area contributed by atoms with Gasteiger partial charge in [-0.1, -0.05) is 36.4 Å². The molecule has 1 amide bonds. The van der Waals surface area contributed by atoms with Crippen molar-refractivity contribution in [2.45, 2.75) is 20.3 Å². The summed E-state index contributed by atoms with van der Waals surface area (Å²) in [4.78, 5) is 33.7. The number of aromatic amines is 1. The zero-order valence-corrected chi connectivity index (χ0v) is 15.2. The zero-order chi connectivity index (χ0) is 18.3. The van der Waals surface area contributed by atoms with Crippen LogP contribution < -0.4 is 10.9 Å². The number of hydrogen-bond acceptors (Lipinski definition) is 4. The lowest BCUT2D eigenvalue weighted by atomic mass is 10.1. The number of carbonyl (C=O) groups excluding carboxylic acids is 1. The number of hydrogen-bond donors (Lipinski definition) is 2. The van der Waals surface area contributed by atoms with Crippen molar-refractivity contribution < 1.29 is 4.79 Å². The molecule has 0 atom stereocenters. The van der Waals surface area contributed by atoms with Crippen molar-refractivity contribution in [3.63, 3.8) is 0 Å². The topological polar surface area (TPSA) is 74.8 Å². The SMILES string of the molecule is Cc1sc2nc(CC(=O)Nc3cccc4ccccc34)[nH]c(=O)c2c1C. The first-order valence-electron chi connectivity index (χ1n) is 8.29. The Labute approximate surface area is 153 Å². The number of aryl methyl sites for hydroxylation is 2. The molecule has 4 rings (SSSR count). The summed E-state index contributed by atoms with van der Waals surface area (Å²) in [6.07, 6.45) is 0.0183. The third kappa shape index (κ3) is 2.88. The van der Waals surface area contributed by atoms with Crippen molar-refractivity contribution in [2.75, 3.05) is 5.32 Å². The lowest BCUT2D eigenvalue weighted by molar-refractivity contribution is -0.115. The van der Waals surface area contributed by atoms with E-state index in [0.29, 0.717) is 16.0 Å². The third-order valence-corrected chi connectivity index (χ3v) is 5.58. The average Bonchev–Trinajstić information content (AvgIpc) is 2.89. The molecule has 2 aromatic carbocycles. The van der Waals surface area contributed by atoms with Gasteiger partial charge in [-0.2, -0.15) is 0 Å². The molecular weight excluding hydrogens is 346 g/mol. The summed E-state index contributed by atoms with van der Waals surface area (Å²) in [5.74, 6) is 0.162. The van der Waals surface area contributed by atoms with Crippen LogP contribution in [0.2, 0.25) is 0 Å². The second-order valence-corrected chi connectivity index (χ2v) is 7.43. The minimum Gasteiger partial charge on any atom is -0.325 e. The van der Waals surface area contributed by atoms with E-state index >= 15 is 0 Å². The predicted octanol–water partition coefficient (Wildman–Crippen LogP) is 3.94. The minimum atomic E-state index is -0.214. The molecule has 0 bridgehead atoms. The van der Waals surface area contributed by atoms with Crippen molar-refractivity contribution in [1.29, 1.82) is 0 Å². The van der Waals surface area contributed by atoms with Crippen LogP contribution >= 0.6 is 11.3 Å². The van der Waals surface area contributed by atoms with Crippen LogP contribution in [0.15, 0.2) is 47.3 Å². The number of thiophene rings is 1. The Morgan fingerprint density at radius 3 is 2.77 bits per heavy atom. The number of anilines is 1. The molecule has 0 saturated heterocycles. The Bertz CT molecular complexity index is 1200. The molecule has 2 heterocycles. The lowest BCUT2D eigenvalue weighted by Crippen LogP contribution is -2.19. The van der Waals surface area contributed by atoms with Gasteiger partial charge in [-0.15, -0.1) is 11.3 Å². The first-order chi connectivity index (χ1) is 12.5. The normalized spacial score (nSPS) is 11.2. The van der Waals surface area contributed by atoms with Gasteiger partial charge >= 0.3 is 0 Å². The van der Waals surface area contributed by atoms with Crippen molar-refractivity contribution >= 4 is 43.9 Å². The number of nitrogens with one attached hydrogen (secondary N) is 2. The van der Waals surface area contributed by atoms with Crippen LogP contribution in [-0.2, 0) is 11.2 Å². The number of aromatic nitrogens is 2. The second kappa shape index (κ2) is 6.38. The average molecular weight is 363 g/mol. The molecule has 2 aromatic heterocycles. The molecule has 0 aliphatic heterocycles. The highest BCUT2D eigenvalue weighted by molar-refractivity contribution is 7.18. The largest absolute Gasteiger partial charge is 0.325 e. The fourth-order valence-corrected chi connectivity index (χ4v) is 4.11. The van der Waals surface area contributed by atoms with Gasteiger partial charge in [0.1, 0.15) is 10.7 Å². The van der Waals surface area contributed by atoms with E-state index in [2.05, 4.69) is 15.3 Å². The highest BCUT2D eigenvalue weighted by Crippen LogP contribution is 2.26. The fourth-order valence-electron chi connectivity index (χ4n) is 3.06. The number of nitrogens with zero attached hydrogens (tertiary/aromatic N) is 1. The van der Waals surface area contributed by atoms with Crippen LogP contribution in [0.4, 0.5) is 5.69 Å². The molecule has 0 aliphatic carbocycles. The molecule has 26 heavy (non-hydrogen) atoms. The zero-order valence-electron chi connectivity index (χ0n) is 14.4. The molecule has 0 fully saturated rings. The Morgan fingerprint density at radius 2 is 1.92 bits per heavy atom. The van der Waals surface area contributed by atoms with E-state index in [9.17, 15) is 9.59 Å². The van der Waals surface area contributed by atoms with Crippen LogP contribution in [0.1, 0.15) is 16.3 Å². The van der Waals surface area contributed by atoms with E-state index in [1.54, 1.807) is 0 Å². The number of amides is 1. The molecule has 0 unspecified atom stereocenters. The van der Waals surface area contributed by atoms with E-state index < -0.39 is 0 Å². The van der Waals surface area contributed by atoms with Gasteiger partial charge in [-0.3, -0.25) is 9.59 Å². The van der Waals surface area contributed by atoms with Crippen molar-refractivity contribution in [2.24, 2.45) is 0 Å². The first kappa shape index (κ1) is 16.5. The van der Waals surface area contributed by atoms with Crippen LogP contribution in [0.5, 0.6) is 0 Å². The number of carbonyl (C=O) groups is 1. The summed E-state index contributed by atoms with van der Waals surface area (Å²) in [6.45, 7) is 3.88. The Kier molecular flexibility index (Phi) is 4.05. The van der Waals surface area contributed by atoms with Crippen LogP contribution in [0, 0.1) is 13.8 Å². The molecule has 0 radical (unpaired) electrons. The highest BCUT2D eigenvalue weighted by Gasteiger charge is 2.14.